The lowest BCUT2D eigenvalue weighted by molar-refractivity contribution is 0.123. The van der Waals surface area contributed by atoms with E-state index in [2.05, 4.69) is 10.3 Å². The van der Waals surface area contributed by atoms with E-state index in [-0.39, 0.29) is 5.49 Å². The molecular formula is C8H8N4O2. The first kappa shape index (κ1) is 8.49. The van der Waals surface area contributed by atoms with E-state index in [1.54, 1.807) is 25.3 Å². The predicted molar refractivity (Wildman–Crippen MR) is 47.1 cm³/mol. The molecule has 72 valence electrons. The van der Waals surface area contributed by atoms with Crippen LogP contribution in [0, 0.1) is 5.41 Å². The Bertz CT molecular complexity index is 534. The lowest BCUT2D eigenvalue weighted by Crippen LogP contribution is -2.21. The van der Waals surface area contributed by atoms with E-state index in [1.807, 2.05) is 0 Å². The summed E-state index contributed by atoms with van der Waals surface area (Å²) in [7, 11) is 1.55. The molecule has 0 unspecified atom stereocenters. The molecule has 1 aromatic heterocycles. The van der Waals surface area contributed by atoms with Crippen LogP contribution in [0.1, 0.15) is 0 Å². The third-order valence-corrected chi connectivity index (χ3v) is 1.90. The van der Waals surface area contributed by atoms with Gasteiger partial charge in [0.05, 0.1) is 7.11 Å². The number of nitrogens with zero attached hydrogens (tertiary/aromatic N) is 3. The van der Waals surface area contributed by atoms with E-state index in [0.29, 0.717) is 21.5 Å². The van der Waals surface area contributed by atoms with Crippen molar-refractivity contribution in [3.63, 3.8) is 0 Å². The molecule has 0 aliphatic heterocycles. The highest BCUT2D eigenvalue weighted by molar-refractivity contribution is 5.77. The van der Waals surface area contributed by atoms with Crippen LogP contribution >= 0.6 is 0 Å². The first-order valence-electron chi connectivity index (χ1n) is 3.90. The van der Waals surface area contributed by atoms with Gasteiger partial charge in [0.1, 0.15) is 11.3 Å². The Morgan fingerprint density at radius 3 is 3.00 bits per heavy atom. The number of hydrogen-bond acceptors (Lipinski definition) is 5. The molecule has 0 spiro atoms. The van der Waals surface area contributed by atoms with Gasteiger partial charge in [0.15, 0.2) is 5.49 Å². The lowest BCUT2D eigenvalue weighted by Gasteiger charge is -2.01. The second-order valence-corrected chi connectivity index (χ2v) is 2.71. The molecule has 2 aromatic rings. The van der Waals surface area contributed by atoms with E-state index in [4.69, 9.17) is 15.4 Å². The Balaban J connectivity index is 2.81. The van der Waals surface area contributed by atoms with Crippen LogP contribution in [-0.4, -0.2) is 27.5 Å². The fourth-order valence-electron chi connectivity index (χ4n) is 1.16. The maximum atomic E-state index is 9.07. The van der Waals surface area contributed by atoms with Crippen molar-refractivity contribution in [1.82, 2.24) is 15.2 Å². The SMILES string of the molecule is COc1ccc2c(=N)n(O)nnc2c1. The van der Waals surface area contributed by atoms with Gasteiger partial charge in [-0.1, -0.05) is 4.85 Å². The minimum atomic E-state index is -0.0994. The molecular weight excluding hydrogens is 184 g/mol. The summed E-state index contributed by atoms with van der Waals surface area (Å²) in [6.07, 6.45) is 0. The molecule has 0 aliphatic carbocycles. The summed E-state index contributed by atoms with van der Waals surface area (Å²) in [5.41, 5.74) is 0.414. The minimum Gasteiger partial charge on any atom is -0.497 e. The number of benzene rings is 1. The first-order valence-corrected chi connectivity index (χ1v) is 3.90. The zero-order valence-electron chi connectivity index (χ0n) is 7.43. The number of nitrogens with one attached hydrogen (secondary N) is 1. The van der Waals surface area contributed by atoms with Gasteiger partial charge >= 0.3 is 0 Å². The van der Waals surface area contributed by atoms with Crippen molar-refractivity contribution in [2.24, 2.45) is 0 Å². The zero-order valence-corrected chi connectivity index (χ0v) is 7.43. The van der Waals surface area contributed by atoms with Crippen molar-refractivity contribution in [1.29, 1.82) is 5.41 Å². The molecule has 0 saturated carbocycles. The van der Waals surface area contributed by atoms with Crippen molar-refractivity contribution in [3.05, 3.63) is 23.7 Å². The lowest BCUT2D eigenvalue weighted by atomic mass is 10.2. The van der Waals surface area contributed by atoms with Crippen molar-refractivity contribution in [2.75, 3.05) is 7.11 Å². The minimum absolute atomic E-state index is 0.0994. The maximum Gasteiger partial charge on any atom is 0.193 e. The Labute approximate surface area is 78.8 Å². The fourth-order valence-corrected chi connectivity index (χ4v) is 1.16. The monoisotopic (exact) mass is 192 g/mol. The second kappa shape index (κ2) is 2.99. The summed E-state index contributed by atoms with van der Waals surface area (Å²) in [6.45, 7) is 0. The molecule has 0 saturated heterocycles. The molecule has 0 amide bonds. The number of fused-ring (bicyclic) bond motifs is 1. The van der Waals surface area contributed by atoms with Crippen molar-refractivity contribution in [3.8, 4) is 5.75 Å². The van der Waals surface area contributed by atoms with Crippen LogP contribution in [0.4, 0.5) is 0 Å². The number of hydrogen-bond donors (Lipinski definition) is 2. The summed E-state index contributed by atoms with van der Waals surface area (Å²) in [5.74, 6) is 0.641. The molecule has 14 heavy (non-hydrogen) atoms. The van der Waals surface area contributed by atoms with Crippen LogP contribution in [0.3, 0.4) is 0 Å². The van der Waals surface area contributed by atoms with Gasteiger partial charge in [-0.15, -0.1) is 5.10 Å². The fraction of sp³-hybridized carbons (Fsp3) is 0.125. The molecule has 0 fully saturated rings. The smallest absolute Gasteiger partial charge is 0.193 e. The van der Waals surface area contributed by atoms with E-state index in [0.717, 1.165) is 0 Å². The van der Waals surface area contributed by atoms with E-state index in [1.165, 1.54) is 0 Å². The number of aromatic nitrogens is 3. The van der Waals surface area contributed by atoms with Crippen LogP contribution in [0.2, 0.25) is 0 Å². The Kier molecular flexibility index (Phi) is 1.81. The van der Waals surface area contributed by atoms with Gasteiger partial charge in [0, 0.05) is 11.5 Å². The van der Waals surface area contributed by atoms with E-state index in [9.17, 15) is 0 Å². The molecule has 1 heterocycles. The summed E-state index contributed by atoms with van der Waals surface area (Å²) in [6, 6.07) is 5.00. The molecule has 0 atom stereocenters. The average Bonchev–Trinajstić information content (AvgIpc) is 2.23. The summed E-state index contributed by atoms with van der Waals surface area (Å²) < 4.78 is 4.99. The van der Waals surface area contributed by atoms with Gasteiger partial charge in [-0.3, -0.25) is 5.41 Å². The molecule has 1 aromatic carbocycles. The summed E-state index contributed by atoms with van der Waals surface area (Å²) in [5, 5.41) is 24.1. The van der Waals surface area contributed by atoms with E-state index < -0.39 is 0 Å². The number of ether oxygens (including phenoxy) is 1. The van der Waals surface area contributed by atoms with Gasteiger partial charge in [0.25, 0.3) is 0 Å². The van der Waals surface area contributed by atoms with Crippen molar-refractivity contribution >= 4 is 10.9 Å². The molecule has 0 bridgehead atoms. The quantitative estimate of drug-likeness (QED) is 0.630. The average molecular weight is 192 g/mol. The highest BCUT2D eigenvalue weighted by atomic mass is 16.5. The van der Waals surface area contributed by atoms with Gasteiger partial charge in [-0.05, 0) is 17.3 Å². The van der Waals surface area contributed by atoms with Crippen LogP contribution in [0.15, 0.2) is 18.2 Å². The summed E-state index contributed by atoms with van der Waals surface area (Å²) in [4.78, 5) is 0.425. The second-order valence-electron chi connectivity index (χ2n) is 2.71. The molecule has 6 nitrogen and oxygen atoms in total. The Morgan fingerprint density at radius 1 is 1.50 bits per heavy atom. The van der Waals surface area contributed by atoms with Crippen molar-refractivity contribution < 1.29 is 9.94 Å². The Morgan fingerprint density at radius 2 is 2.29 bits per heavy atom. The highest BCUT2D eigenvalue weighted by Crippen LogP contribution is 2.14. The largest absolute Gasteiger partial charge is 0.497 e. The topological polar surface area (TPSA) is 84.0 Å². The standard InChI is InChI=1S/C8H8N4O2/c1-14-5-2-3-6-7(4-5)10-11-12(13)8(6)9/h2-4,9,13H,1H3. The van der Waals surface area contributed by atoms with Crippen LogP contribution in [0.25, 0.3) is 10.9 Å². The third kappa shape index (κ3) is 1.17. The summed E-state index contributed by atoms with van der Waals surface area (Å²) >= 11 is 0. The molecule has 0 radical (unpaired) electrons. The Hall–Kier alpha value is -2.11. The van der Waals surface area contributed by atoms with Gasteiger partial charge in [-0.2, -0.15) is 0 Å². The molecule has 0 aliphatic rings. The van der Waals surface area contributed by atoms with Gasteiger partial charge < -0.3 is 9.94 Å². The van der Waals surface area contributed by atoms with Gasteiger partial charge in [-0.25, -0.2) is 0 Å². The highest BCUT2D eigenvalue weighted by Gasteiger charge is 2.02. The predicted octanol–water partition coefficient (Wildman–Crippen LogP) is 0.157. The van der Waals surface area contributed by atoms with Crippen molar-refractivity contribution in [2.45, 2.75) is 0 Å². The molecule has 6 heteroatoms. The van der Waals surface area contributed by atoms with Crippen LogP contribution in [0.5, 0.6) is 5.75 Å². The van der Waals surface area contributed by atoms with Crippen LogP contribution in [-0.2, 0) is 0 Å². The van der Waals surface area contributed by atoms with Gasteiger partial charge in [0.2, 0.25) is 0 Å². The maximum absolute atomic E-state index is 9.07. The molecule has 2 N–H and O–H groups in total. The normalized spacial score (nSPS) is 10.4. The number of methoxy groups -OCH3 is 1. The van der Waals surface area contributed by atoms with E-state index >= 15 is 0 Å². The molecule has 2 rings (SSSR count). The number of rotatable bonds is 1. The van der Waals surface area contributed by atoms with Crippen LogP contribution < -0.4 is 10.2 Å². The third-order valence-electron chi connectivity index (χ3n) is 1.90. The first-order chi connectivity index (χ1) is 6.72. The zero-order chi connectivity index (χ0) is 10.1.